The van der Waals surface area contributed by atoms with Gasteiger partial charge in [-0.2, -0.15) is 0 Å². The monoisotopic (exact) mass is 263 g/mol. The predicted molar refractivity (Wildman–Crippen MR) is 74.0 cm³/mol. The first-order valence-electron chi connectivity index (χ1n) is 6.49. The topological polar surface area (TPSA) is 66.4 Å². The number of carboxylic acids is 1. The van der Waals surface area contributed by atoms with Crippen molar-refractivity contribution >= 4 is 11.9 Å². The van der Waals surface area contributed by atoms with E-state index in [0.29, 0.717) is 12.8 Å². The lowest BCUT2D eigenvalue weighted by Gasteiger charge is -2.12. The van der Waals surface area contributed by atoms with Crippen LogP contribution in [0, 0.1) is 19.8 Å². The number of nitrogens with one attached hydrogen (secondary N) is 1. The van der Waals surface area contributed by atoms with E-state index in [0.717, 1.165) is 16.7 Å². The highest BCUT2D eigenvalue weighted by atomic mass is 16.4. The third-order valence-corrected chi connectivity index (χ3v) is 3.24. The normalized spacial score (nSPS) is 11.9. The third kappa shape index (κ3) is 4.73. The SMILES string of the molecule is CCC(CNC(=O)Cc1cc(C)ccc1C)C(=O)O. The molecular formula is C15H21NO3. The van der Waals surface area contributed by atoms with Gasteiger partial charge in [0.15, 0.2) is 0 Å². The van der Waals surface area contributed by atoms with Crippen molar-refractivity contribution in [2.75, 3.05) is 6.54 Å². The van der Waals surface area contributed by atoms with Gasteiger partial charge >= 0.3 is 5.97 Å². The number of benzene rings is 1. The van der Waals surface area contributed by atoms with Crippen LogP contribution in [-0.2, 0) is 16.0 Å². The van der Waals surface area contributed by atoms with Gasteiger partial charge in [0.2, 0.25) is 5.91 Å². The molecule has 0 spiro atoms. The first-order chi connectivity index (χ1) is 8.93. The molecule has 0 aliphatic rings. The number of amides is 1. The van der Waals surface area contributed by atoms with E-state index < -0.39 is 11.9 Å². The Bertz CT molecular complexity index is 468. The van der Waals surface area contributed by atoms with Gasteiger partial charge in [-0.05, 0) is 31.4 Å². The lowest BCUT2D eigenvalue weighted by atomic mass is 10.0. The Morgan fingerprint density at radius 2 is 2.00 bits per heavy atom. The maximum atomic E-state index is 11.8. The van der Waals surface area contributed by atoms with E-state index in [-0.39, 0.29) is 12.5 Å². The van der Waals surface area contributed by atoms with Gasteiger partial charge in [-0.25, -0.2) is 0 Å². The molecule has 1 aromatic carbocycles. The second-order valence-electron chi connectivity index (χ2n) is 4.85. The maximum absolute atomic E-state index is 11.8. The molecule has 0 aliphatic heterocycles. The first kappa shape index (κ1) is 15.2. The van der Waals surface area contributed by atoms with Gasteiger partial charge in [-0.15, -0.1) is 0 Å². The second kappa shape index (κ2) is 6.92. The molecule has 2 N–H and O–H groups in total. The van der Waals surface area contributed by atoms with Crippen molar-refractivity contribution in [3.05, 3.63) is 34.9 Å². The summed E-state index contributed by atoms with van der Waals surface area (Å²) in [6.45, 7) is 5.94. The molecule has 0 radical (unpaired) electrons. The van der Waals surface area contributed by atoms with E-state index in [1.165, 1.54) is 0 Å². The Morgan fingerprint density at radius 1 is 1.32 bits per heavy atom. The van der Waals surface area contributed by atoms with Crippen molar-refractivity contribution < 1.29 is 14.7 Å². The summed E-state index contributed by atoms with van der Waals surface area (Å²) >= 11 is 0. The smallest absolute Gasteiger partial charge is 0.308 e. The Hall–Kier alpha value is -1.84. The van der Waals surface area contributed by atoms with Crippen LogP contribution in [0.3, 0.4) is 0 Å². The van der Waals surface area contributed by atoms with E-state index in [1.807, 2.05) is 32.0 Å². The highest BCUT2D eigenvalue weighted by Gasteiger charge is 2.16. The zero-order valence-electron chi connectivity index (χ0n) is 11.7. The summed E-state index contributed by atoms with van der Waals surface area (Å²) in [5.41, 5.74) is 3.18. The van der Waals surface area contributed by atoms with Crippen molar-refractivity contribution in [1.82, 2.24) is 5.32 Å². The Labute approximate surface area is 113 Å². The zero-order valence-corrected chi connectivity index (χ0v) is 11.7. The number of aryl methyl sites for hydroxylation is 2. The number of carboxylic acid groups (broad SMARTS) is 1. The van der Waals surface area contributed by atoms with E-state index in [1.54, 1.807) is 6.92 Å². The molecule has 0 aromatic heterocycles. The van der Waals surface area contributed by atoms with Gasteiger partial charge < -0.3 is 10.4 Å². The van der Waals surface area contributed by atoms with Crippen LogP contribution in [0.15, 0.2) is 18.2 Å². The summed E-state index contributed by atoms with van der Waals surface area (Å²) in [6, 6.07) is 5.99. The van der Waals surface area contributed by atoms with E-state index in [2.05, 4.69) is 5.32 Å². The van der Waals surface area contributed by atoms with Crippen molar-refractivity contribution in [1.29, 1.82) is 0 Å². The standard InChI is InChI=1S/C15H21NO3/c1-4-12(15(18)19)9-16-14(17)8-13-7-10(2)5-6-11(13)3/h5-7,12H,4,8-9H2,1-3H3,(H,16,17)(H,18,19). The average molecular weight is 263 g/mol. The zero-order chi connectivity index (χ0) is 14.4. The fraction of sp³-hybridized carbons (Fsp3) is 0.467. The second-order valence-corrected chi connectivity index (χ2v) is 4.85. The summed E-state index contributed by atoms with van der Waals surface area (Å²) < 4.78 is 0. The summed E-state index contributed by atoms with van der Waals surface area (Å²) in [7, 11) is 0. The van der Waals surface area contributed by atoms with Crippen LogP contribution >= 0.6 is 0 Å². The largest absolute Gasteiger partial charge is 0.481 e. The van der Waals surface area contributed by atoms with Crippen molar-refractivity contribution in [3.8, 4) is 0 Å². The fourth-order valence-electron chi connectivity index (χ4n) is 1.87. The van der Waals surface area contributed by atoms with E-state index >= 15 is 0 Å². The molecule has 1 unspecified atom stereocenters. The minimum absolute atomic E-state index is 0.131. The van der Waals surface area contributed by atoms with Gasteiger partial charge in [0.25, 0.3) is 0 Å². The molecular weight excluding hydrogens is 242 g/mol. The number of carbonyl (C=O) groups excluding carboxylic acids is 1. The molecule has 0 heterocycles. The summed E-state index contributed by atoms with van der Waals surface area (Å²) in [5.74, 6) is -1.51. The molecule has 0 bridgehead atoms. The molecule has 0 fully saturated rings. The van der Waals surface area contributed by atoms with Crippen LogP contribution in [0.25, 0.3) is 0 Å². The van der Waals surface area contributed by atoms with Crippen molar-refractivity contribution in [2.24, 2.45) is 5.92 Å². The van der Waals surface area contributed by atoms with Crippen LogP contribution in [0.2, 0.25) is 0 Å². The molecule has 104 valence electrons. The highest BCUT2D eigenvalue weighted by molar-refractivity contribution is 5.80. The number of hydrogen-bond acceptors (Lipinski definition) is 2. The number of hydrogen-bond donors (Lipinski definition) is 2. The molecule has 0 saturated carbocycles. The van der Waals surface area contributed by atoms with Crippen LogP contribution in [-0.4, -0.2) is 23.5 Å². The van der Waals surface area contributed by atoms with Gasteiger partial charge in [0.1, 0.15) is 0 Å². The quantitative estimate of drug-likeness (QED) is 0.825. The molecule has 1 amide bonds. The molecule has 1 rings (SSSR count). The molecule has 1 atom stereocenters. The minimum Gasteiger partial charge on any atom is -0.481 e. The Kier molecular flexibility index (Phi) is 5.55. The Balaban J connectivity index is 2.56. The summed E-state index contributed by atoms with van der Waals surface area (Å²) in [6.07, 6.45) is 0.808. The maximum Gasteiger partial charge on any atom is 0.308 e. The summed E-state index contributed by atoms with van der Waals surface area (Å²) in [4.78, 5) is 22.7. The predicted octanol–water partition coefficient (Wildman–Crippen LogP) is 2.07. The Morgan fingerprint density at radius 3 is 2.58 bits per heavy atom. The average Bonchev–Trinajstić information content (AvgIpc) is 2.34. The van der Waals surface area contributed by atoms with Crippen LogP contribution in [0.5, 0.6) is 0 Å². The van der Waals surface area contributed by atoms with Crippen LogP contribution in [0.1, 0.15) is 30.0 Å². The number of rotatable bonds is 6. The minimum atomic E-state index is -0.866. The number of aliphatic carboxylic acids is 1. The van der Waals surface area contributed by atoms with Gasteiger partial charge in [-0.3, -0.25) is 9.59 Å². The van der Waals surface area contributed by atoms with E-state index in [9.17, 15) is 9.59 Å². The highest BCUT2D eigenvalue weighted by Crippen LogP contribution is 2.11. The van der Waals surface area contributed by atoms with Crippen molar-refractivity contribution in [3.63, 3.8) is 0 Å². The van der Waals surface area contributed by atoms with Gasteiger partial charge in [0.05, 0.1) is 12.3 Å². The molecule has 0 saturated heterocycles. The fourth-order valence-corrected chi connectivity index (χ4v) is 1.87. The number of carbonyl (C=O) groups is 2. The van der Waals surface area contributed by atoms with Crippen LogP contribution in [0.4, 0.5) is 0 Å². The molecule has 4 heteroatoms. The molecule has 0 aliphatic carbocycles. The van der Waals surface area contributed by atoms with Gasteiger partial charge in [0, 0.05) is 6.54 Å². The molecule has 19 heavy (non-hydrogen) atoms. The third-order valence-electron chi connectivity index (χ3n) is 3.24. The summed E-state index contributed by atoms with van der Waals surface area (Å²) in [5, 5.41) is 11.6. The molecule has 4 nitrogen and oxygen atoms in total. The lowest BCUT2D eigenvalue weighted by molar-refractivity contribution is -0.141. The van der Waals surface area contributed by atoms with Gasteiger partial charge in [-0.1, -0.05) is 30.7 Å². The van der Waals surface area contributed by atoms with Crippen molar-refractivity contribution in [2.45, 2.75) is 33.6 Å². The first-order valence-corrected chi connectivity index (χ1v) is 6.49. The molecule has 1 aromatic rings. The van der Waals surface area contributed by atoms with Crippen LogP contribution < -0.4 is 5.32 Å². The van der Waals surface area contributed by atoms with E-state index in [4.69, 9.17) is 5.11 Å². The lowest BCUT2D eigenvalue weighted by Crippen LogP contribution is -2.33.